The third-order valence-electron chi connectivity index (χ3n) is 9.11. The minimum Gasteiger partial charge on any atom is -0.0654 e. The molecule has 180 valence electrons. The van der Waals surface area contributed by atoms with E-state index >= 15 is 0 Å². The van der Waals surface area contributed by atoms with Crippen molar-refractivity contribution in [2.45, 2.75) is 116 Å². The monoisotopic (exact) mass is 444 g/mol. The van der Waals surface area contributed by atoms with Crippen LogP contribution in [0.1, 0.15) is 119 Å². The molecule has 2 aliphatic rings. The number of aryl methyl sites for hydroxylation is 3. The zero-order chi connectivity index (χ0) is 22.9. The fourth-order valence-corrected chi connectivity index (χ4v) is 6.61. The van der Waals surface area contributed by atoms with E-state index in [0.29, 0.717) is 0 Å². The molecule has 2 saturated carbocycles. The number of rotatable bonds is 10. The predicted molar refractivity (Wildman–Crippen MR) is 144 cm³/mol. The lowest BCUT2D eigenvalue weighted by Gasteiger charge is -2.28. The van der Waals surface area contributed by atoms with E-state index in [1.807, 2.05) is 0 Å². The Kier molecular flexibility index (Phi) is 9.51. The first-order chi connectivity index (χ1) is 16.2. The summed E-state index contributed by atoms with van der Waals surface area (Å²) in [6, 6.07) is 19.2. The van der Waals surface area contributed by atoms with Crippen LogP contribution in [0.25, 0.3) is 0 Å². The summed E-state index contributed by atoms with van der Waals surface area (Å²) in [4.78, 5) is 0. The van der Waals surface area contributed by atoms with Crippen molar-refractivity contribution in [2.75, 3.05) is 0 Å². The van der Waals surface area contributed by atoms with Crippen LogP contribution in [0.4, 0.5) is 0 Å². The first-order valence-electron chi connectivity index (χ1n) is 14.4. The van der Waals surface area contributed by atoms with Gasteiger partial charge in [0.05, 0.1) is 0 Å². The normalized spacial score (nSPS) is 25.8. The van der Waals surface area contributed by atoms with Crippen LogP contribution in [0.15, 0.2) is 48.5 Å². The molecule has 0 unspecified atom stereocenters. The van der Waals surface area contributed by atoms with Gasteiger partial charge >= 0.3 is 0 Å². The van der Waals surface area contributed by atoms with E-state index < -0.39 is 0 Å². The van der Waals surface area contributed by atoms with E-state index in [4.69, 9.17) is 0 Å². The summed E-state index contributed by atoms with van der Waals surface area (Å²) in [6.45, 7) is 4.69. The van der Waals surface area contributed by atoms with Crippen molar-refractivity contribution in [3.63, 3.8) is 0 Å². The predicted octanol–water partition coefficient (Wildman–Crippen LogP) is 9.69. The molecule has 4 rings (SSSR count). The molecular formula is C33H48. The van der Waals surface area contributed by atoms with Crippen LogP contribution in [0.5, 0.6) is 0 Å². The molecule has 0 radical (unpaired) electrons. The van der Waals surface area contributed by atoms with Gasteiger partial charge in [0.15, 0.2) is 0 Å². The molecule has 0 aromatic heterocycles. The van der Waals surface area contributed by atoms with Gasteiger partial charge in [-0.1, -0.05) is 107 Å². The molecule has 0 N–H and O–H groups in total. The fraction of sp³-hybridized carbons (Fsp3) is 0.636. The van der Waals surface area contributed by atoms with Crippen molar-refractivity contribution in [2.24, 2.45) is 17.8 Å². The zero-order valence-corrected chi connectivity index (χ0v) is 21.5. The SMILES string of the molecule is CCCC1CCC(CCc2ccc(CCc3ccc(C4CCC(CC)CC4)cc3)cc2)CC1. The second-order valence-electron chi connectivity index (χ2n) is 11.4. The maximum Gasteiger partial charge on any atom is -0.0162 e. The molecule has 2 aromatic rings. The van der Waals surface area contributed by atoms with E-state index in [9.17, 15) is 0 Å². The Bertz CT molecular complexity index is 783. The van der Waals surface area contributed by atoms with Gasteiger partial charge in [0.2, 0.25) is 0 Å². The minimum absolute atomic E-state index is 0.806. The fourth-order valence-electron chi connectivity index (χ4n) is 6.61. The Balaban J connectivity index is 1.17. The highest BCUT2D eigenvalue weighted by atomic mass is 14.3. The Morgan fingerprint density at radius 3 is 1.48 bits per heavy atom. The van der Waals surface area contributed by atoms with Gasteiger partial charge < -0.3 is 0 Å². The first-order valence-corrected chi connectivity index (χ1v) is 14.4. The van der Waals surface area contributed by atoms with Crippen molar-refractivity contribution in [3.8, 4) is 0 Å². The zero-order valence-electron chi connectivity index (χ0n) is 21.5. The average Bonchev–Trinajstić information content (AvgIpc) is 2.88. The number of benzene rings is 2. The topological polar surface area (TPSA) is 0 Å². The highest BCUT2D eigenvalue weighted by Crippen LogP contribution is 2.37. The molecule has 0 amide bonds. The minimum atomic E-state index is 0.806. The van der Waals surface area contributed by atoms with Crippen LogP contribution >= 0.6 is 0 Å². The summed E-state index contributed by atoms with van der Waals surface area (Å²) < 4.78 is 0. The number of hydrogen-bond acceptors (Lipinski definition) is 0. The highest BCUT2D eigenvalue weighted by Gasteiger charge is 2.21. The maximum absolute atomic E-state index is 2.42. The van der Waals surface area contributed by atoms with Gasteiger partial charge in [-0.05, 0) is 97.3 Å². The summed E-state index contributed by atoms with van der Waals surface area (Å²) >= 11 is 0. The van der Waals surface area contributed by atoms with Crippen LogP contribution in [0.2, 0.25) is 0 Å². The molecule has 0 heteroatoms. The van der Waals surface area contributed by atoms with Crippen LogP contribution in [-0.4, -0.2) is 0 Å². The quantitative estimate of drug-likeness (QED) is 0.342. The van der Waals surface area contributed by atoms with E-state index in [-0.39, 0.29) is 0 Å². The second-order valence-corrected chi connectivity index (χ2v) is 11.4. The van der Waals surface area contributed by atoms with Gasteiger partial charge in [-0.25, -0.2) is 0 Å². The molecular weight excluding hydrogens is 396 g/mol. The van der Waals surface area contributed by atoms with Gasteiger partial charge in [0.25, 0.3) is 0 Å². The third-order valence-corrected chi connectivity index (χ3v) is 9.11. The van der Waals surface area contributed by atoms with Gasteiger partial charge in [-0.2, -0.15) is 0 Å². The van der Waals surface area contributed by atoms with E-state index in [1.54, 1.807) is 5.56 Å². The summed E-state index contributed by atoms with van der Waals surface area (Å²) in [5.74, 6) is 3.79. The standard InChI is InChI=1S/C33H48/c1-3-5-27-6-8-28(9-7-27)10-11-29-12-14-30(15-13-29)16-17-31-20-24-33(25-21-31)32-22-18-26(4-2)19-23-32/h12-15,20-21,24-28,32H,3-11,16-19,22-23H2,1-2H3. The molecule has 0 bridgehead atoms. The lowest BCUT2D eigenvalue weighted by Crippen LogP contribution is -2.15. The molecule has 0 atom stereocenters. The summed E-state index contributed by atoms with van der Waals surface area (Å²) in [5.41, 5.74) is 6.10. The third kappa shape index (κ3) is 7.46. The van der Waals surface area contributed by atoms with Gasteiger partial charge in [-0.15, -0.1) is 0 Å². The van der Waals surface area contributed by atoms with Crippen molar-refractivity contribution in [1.82, 2.24) is 0 Å². The summed E-state index contributed by atoms with van der Waals surface area (Å²) in [7, 11) is 0. The molecule has 0 heterocycles. The molecule has 0 aliphatic heterocycles. The van der Waals surface area contributed by atoms with E-state index in [0.717, 1.165) is 36.5 Å². The van der Waals surface area contributed by atoms with Gasteiger partial charge in [0, 0.05) is 0 Å². The lowest BCUT2D eigenvalue weighted by molar-refractivity contribution is 0.252. The molecule has 2 aromatic carbocycles. The van der Waals surface area contributed by atoms with Crippen molar-refractivity contribution in [1.29, 1.82) is 0 Å². The summed E-state index contributed by atoms with van der Waals surface area (Å²) in [6.07, 6.45) is 20.7. The van der Waals surface area contributed by atoms with Crippen LogP contribution in [0.3, 0.4) is 0 Å². The van der Waals surface area contributed by atoms with Crippen LogP contribution in [-0.2, 0) is 19.3 Å². The van der Waals surface area contributed by atoms with Gasteiger partial charge in [0.1, 0.15) is 0 Å². The number of hydrogen-bond donors (Lipinski definition) is 0. The van der Waals surface area contributed by atoms with Crippen LogP contribution < -0.4 is 0 Å². The Labute approximate surface area is 204 Å². The second kappa shape index (κ2) is 12.8. The van der Waals surface area contributed by atoms with Crippen LogP contribution in [0, 0.1) is 17.8 Å². The molecule has 2 fully saturated rings. The smallest absolute Gasteiger partial charge is 0.0162 e. The van der Waals surface area contributed by atoms with E-state index in [1.165, 1.54) is 100 Å². The highest BCUT2D eigenvalue weighted by molar-refractivity contribution is 5.28. The molecule has 0 spiro atoms. The maximum atomic E-state index is 2.42. The average molecular weight is 445 g/mol. The summed E-state index contributed by atoms with van der Waals surface area (Å²) in [5, 5.41) is 0. The van der Waals surface area contributed by atoms with Crippen molar-refractivity contribution in [3.05, 3.63) is 70.8 Å². The Hall–Kier alpha value is -1.56. The molecule has 33 heavy (non-hydrogen) atoms. The van der Waals surface area contributed by atoms with Crippen molar-refractivity contribution >= 4 is 0 Å². The Morgan fingerprint density at radius 1 is 0.515 bits per heavy atom. The van der Waals surface area contributed by atoms with E-state index in [2.05, 4.69) is 62.4 Å². The largest absolute Gasteiger partial charge is 0.0654 e. The molecule has 0 nitrogen and oxygen atoms in total. The van der Waals surface area contributed by atoms with Gasteiger partial charge in [-0.3, -0.25) is 0 Å². The van der Waals surface area contributed by atoms with Crippen molar-refractivity contribution < 1.29 is 0 Å². The molecule has 0 saturated heterocycles. The lowest BCUT2D eigenvalue weighted by atomic mass is 9.78. The molecule has 2 aliphatic carbocycles. The Morgan fingerprint density at radius 2 is 0.970 bits per heavy atom. The first kappa shape index (κ1) is 24.6.